The zero-order valence-electron chi connectivity index (χ0n) is 13.4. The highest BCUT2D eigenvalue weighted by Crippen LogP contribution is 2.17. The van der Waals surface area contributed by atoms with E-state index < -0.39 is 0 Å². The predicted molar refractivity (Wildman–Crippen MR) is 94.0 cm³/mol. The molecule has 120 valence electrons. The number of halogens is 1. The van der Waals surface area contributed by atoms with Crippen LogP contribution in [0.1, 0.15) is 5.82 Å². The summed E-state index contributed by atoms with van der Waals surface area (Å²) in [5.74, 6) is 1.85. The SMILES string of the molecule is CN(CCOc1cccc(Cl)c1)Cc1nc2ccccc2n1C. The molecule has 0 atom stereocenters. The highest BCUT2D eigenvalue weighted by molar-refractivity contribution is 6.30. The van der Waals surface area contributed by atoms with Gasteiger partial charge in [0.25, 0.3) is 0 Å². The van der Waals surface area contributed by atoms with E-state index in [1.807, 2.05) is 42.5 Å². The van der Waals surface area contributed by atoms with Gasteiger partial charge in [0.2, 0.25) is 0 Å². The van der Waals surface area contributed by atoms with Gasteiger partial charge in [0.05, 0.1) is 17.6 Å². The molecule has 4 nitrogen and oxygen atoms in total. The van der Waals surface area contributed by atoms with Gasteiger partial charge in [-0.25, -0.2) is 4.98 Å². The average molecular weight is 330 g/mol. The number of imidazole rings is 1. The summed E-state index contributed by atoms with van der Waals surface area (Å²) < 4.78 is 7.87. The van der Waals surface area contributed by atoms with Gasteiger partial charge in [-0.3, -0.25) is 4.90 Å². The highest BCUT2D eigenvalue weighted by Gasteiger charge is 2.09. The predicted octanol–water partition coefficient (Wildman–Crippen LogP) is 3.74. The first-order chi connectivity index (χ1) is 11.1. The molecule has 0 saturated carbocycles. The number of aromatic nitrogens is 2. The van der Waals surface area contributed by atoms with Crippen molar-refractivity contribution in [3.05, 3.63) is 59.4 Å². The van der Waals surface area contributed by atoms with Crippen LogP contribution in [0.4, 0.5) is 0 Å². The number of para-hydroxylation sites is 2. The summed E-state index contributed by atoms with van der Waals surface area (Å²) in [7, 11) is 4.13. The van der Waals surface area contributed by atoms with Crippen LogP contribution in [0.25, 0.3) is 11.0 Å². The lowest BCUT2D eigenvalue weighted by atomic mass is 10.3. The summed E-state index contributed by atoms with van der Waals surface area (Å²) in [6.07, 6.45) is 0. The Balaban J connectivity index is 1.56. The number of aryl methyl sites for hydroxylation is 1. The number of benzene rings is 2. The van der Waals surface area contributed by atoms with E-state index in [1.54, 1.807) is 0 Å². The summed E-state index contributed by atoms with van der Waals surface area (Å²) in [5.41, 5.74) is 2.19. The van der Waals surface area contributed by atoms with Crippen molar-refractivity contribution in [2.45, 2.75) is 6.54 Å². The van der Waals surface area contributed by atoms with E-state index in [9.17, 15) is 0 Å². The number of rotatable bonds is 6. The maximum absolute atomic E-state index is 5.95. The van der Waals surface area contributed by atoms with Crippen LogP contribution < -0.4 is 4.74 Å². The second kappa shape index (κ2) is 7.02. The normalized spacial score (nSPS) is 11.3. The third kappa shape index (κ3) is 3.84. The van der Waals surface area contributed by atoms with Crippen molar-refractivity contribution in [2.24, 2.45) is 7.05 Å². The molecule has 0 radical (unpaired) electrons. The Labute approximate surface area is 141 Å². The number of hydrogen-bond donors (Lipinski definition) is 0. The largest absolute Gasteiger partial charge is 0.492 e. The number of likely N-dealkylation sites (N-methyl/N-ethyl adjacent to an activating group) is 1. The van der Waals surface area contributed by atoms with E-state index in [0.29, 0.717) is 11.6 Å². The molecule has 0 N–H and O–H groups in total. The molecule has 1 heterocycles. The molecule has 5 heteroatoms. The molecule has 0 bridgehead atoms. The number of fused-ring (bicyclic) bond motifs is 1. The zero-order valence-corrected chi connectivity index (χ0v) is 14.1. The molecule has 0 spiro atoms. The fraction of sp³-hybridized carbons (Fsp3) is 0.278. The molecule has 0 aliphatic heterocycles. The molecule has 0 fully saturated rings. The molecule has 3 aromatic rings. The van der Waals surface area contributed by atoms with Gasteiger partial charge in [-0.15, -0.1) is 0 Å². The van der Waals surface area contributed by atoms with Crippen LogP contribution in [0.15, 0.2) is 48.5 Å². The standard InChI is InChI=1S/C18H20ClN3O/c1-21(10-11-23-15-7-5-6-14(19)12-15)13-18-20-16-8-3-4-9-17(16)22(18)2/h3-9,12H,10-11,13H2,1-2H3. The Morgan fingerprint density at radius 3 is 2.78 bits per heavy atom. The van der Waals surface area contributed by atoms with Gasteiger partial charge in [-0.1, -0.05) is 29.8 Å². The van der Waals surface area contributed by atoms with Gasteiger partial charge in [-0.2, -0.15) is 0 Å². The fourth-order valence-electron chi connectivity index (χ4n) is 2.53. The minimum atomic E-state index is 0.612. The van der Waals surface area contributed by atoms with E-state index in [-0.39, 0.29) is 0 Å². The minimum Gasteiger partial charge on any atom is -0.492 e. The van der Waals surface area contributed by atoms with E-state index in [0.717, 1.165) is 35.7 Å². The molecule has 0 unspecified atom stereocenters. The summed E-state index contributed by atoms with van der Waals surface area (Å²) in [6, 6.07) is 15.7. The number of nitrogens with zero attached hydrogens (tertiary/aromatic N) is 3. The maximum Gasteiger partial charge on any atom is 0.123 e. The van der Waals surface area contributed by atoms with Gasteiger partial charge >= 0.3 is 0 Å². The van der Waals surface area contributed by atoms with Gasteiger partial charge in [0.15, 0.2) is 0 Å². The molecule has 0 aliphatic carbocycles. The number of ether oxygens (including phenoxy) is 1. The molecule has 2 aromatic carbocycles. The Morgan fingerprint density at radius 1 is 1.17 bits per heavy atom. The molecule has 0 aliphatic rings. The third-order valence-corrected chi connectivity index (χ3v) is 4.06. The van der Waals surface area contributed by atoms with Crippen molar-refractivity contribution < 1.29 is 4.74 Å². The van der Waals surface area contributed by atoms with Crippen molar-refractivity contribution in [2.75, 3.05) is 20.2 Å². The first-order valence-corrected chi connectivity index (χ1v) is 7.98. The Hall–Kier alpha value is -2.04. The summed E-state index contributed by atoms with van der Waals surface area (Å²) in [5, 5.41) is 0.690. The second-order valence-electron chi connectivity index (χ2n) is 5.62. The second-order valence-corrected chi connectivity index (χ2v) is 6.06. The lowest BCUT2D eigenvalue weighted by molar-refractivity contribution is 0.229. The van der Waals surface area contributed by atoms with Crippen LogP contribution in [0.3, 0.4) is 0 Å². The summed E-state index contributed by atoms with van der Waals surface area (Å²) in [6.45, 7) is 2.21. The van der Waals surface area contributed by atoms with E-state index in [1.165, 1.54) is 0 Å². The van der Waals surface area contributed by atoms with Gasteiger partial charge in [0.1, 0.15) is 18.2 Å². The Morgan fingerprint density at radius 2 is 2.00 bits per heavy atom. The monoisotopic (exact) mass is 329 g/mol. The smallest absolute Gasteiger partial charge is 0.123 e. The first kappa shape index (κ1) is 15.8. The highest BCUT2D eigenvalue weighted by atomic mass is 35.5. The molecule has 3 rings (SSSR count). The Kier molecular flexibility index (Phi) is 4.84. The van der Waals surface area contributed by atoms with Crippen molar-refractivity contribution in [3.63, 3.8) is 0 Å². The lowest BCUT2D eigenvalue weighted by Crippen LogP contribution is -2.25. The van der Waals surface area contributed by atoms with Gasteiger partial charge in [-0.05, 0) is 37.4 Å². The van der Waals surface area contributed by atoms with Crippen LogP contribution in [-0.2, 0) is 13.6 Å². The minimum absolute atomic E-state index is 0.612. The van der Waals surface area contributed by atoms with Gasteiger partial charge in [0, 0.05) is 18.6 Å². The number of hydrogen-bond acceptors (Lipinski definition) is 3. The van der Waals surface area contributed by atoms with Crippen LogP contribution >= 0.6 is 11.6 Å². The third-order valence-electron chi connectivity index (χ3n) is 3.83. The molecule has 0 saturated heterocycles. The molecular formula is C18H20ClN3O. The van der Waals surface area contributed by atoms with E-state index >= 15 is 0 Å². The van der Waals surface area contributed by atoms with E-state index in [2.05, 4.69) is 29.6 Å². The lowest BCUT2D eigenvalue weighted by Gasteiger charge is -2.16. The van der Waals surface area contributed by atoms with Crippen molar-refractivity contribution >= 4 is 22.6 Å². The summed E-state index contributed by atoms with van der Waals surface area (Å²) >= 11 is 5.95. The van der Waals surface area contributed by atoms with Crippen molar-refractivity contribution in [1.29, 1.82) is 0 Å². The molecular weight excluding hydrogens is 310 g/mol. The average Bonchev–Trinajstić information content (AvgIpc) is 2.84. The van der Waals surface area contributed by atoms with Gasteiger partial charge < -0.3 is 9.30 Å². The topological polar surface area (TPSA) is 30.3 Å². The molecule has 0 amide bonds. The van der Waals surface area contributed by atoms with Crippen molar-refractivity contribution in [1.82, 2.24) is 14.5 Å². The quantitative estimate of drug-likeness (QED) is 0.690. The maximum atomic E-state index is 5.95. The van der Waals surface area contributed by atoms with Crippen LogP contribution in [0.2, 0.25) is 5.02 Å². The fourth-order valence-corrected chi connectivity index (χ4v) is 2.71. The summed E-state index contributed by atoms with van der Waals surface area (Å²) in [4.78, 5) is 6.89. The zero-order chi connectivity index (χ0) is 16.2. The first-order valence-electron chi connectivity index (χ1n) is 7.61. The van der Waals surface area contributed by atoms with Crippen LogP contribution in [0, 0.1) is 0 Å². The van der Waals surface area contributed by atoms with Crippen LogP contribution in [-0.4, -0.2) is 34.7 Å². The molecule has 23 heavy (non-hydrogen) atoms. The molecule has 1 aromatic heterocycles. The van der Waals surface area contributed by atoms with E-state index in [4.69, 9.17) is 21.3 Å². The van der Waals surface area contributed by atoms with Crippen LogP contribution in [0.5, 0.6) is 5.75 Å². The van der Waals surface area contributed by atoms with Crippen molar-refractivity contribution in [3.8, 4) is 5.75 Å². The Bertz CT molecular complexity index is 800.